The average molecular weight is 147 g/mol. The molecule has 0 aliphatic heterocycles. The Morgan fingerprint density at radius 2 is 2.55 bits per heavy atom. The highest BCUT2D eigenvalue weighted by atomic mass is 16.5. The first-order valence-corrected chi connectivity index (χ1v) is 3.29. The molecule has 0 aromatic carbocycles. The molecule has 1 radical (unpaired) electrons. The molecule has 0 atom stereocenters. The van der Waals surface area contributed by atoms with E-state index < -0.39 is 0 Å². The lowest BCUT2D eigenvalue weighted by Gasteiger charge is -1.98. The zero-order valence-electron chi connectivity index (χ0n) is 6.11. The second-order valence-electron chi connectivity index (χ2n) is 2.20. The second kappa shape index (κ2) is 2.27. The number of hydrogen-bond donors (Lipinski definition) is 0. The van der Waals surface area contributed by atoms with E-state index in [4.69, 9.17) is 4.74 Å². The predicted molar refractivity (Wildman–Crippen MR) is 40.6 cm³/mol. The number of fused-ring (bicyclic) bond motifs is 1. The molecule has 0 fully saturated rings. The molecular weight excluding hydrogens is 140 g/mol. The Morgan fingerprint density at radius 1 is 1.64 bits per heavy atom. The summed E-state index contributed by atoms with van der Waals surface area (Å²) in [5.74, 6) is 0.817. The van der Waals surface area contributed by atoms with Gasteiger partial charge in [-0.05, 0) is 6.07 Å². The van der Waals surface area contributed by atoms with Crippen molar-refractivity contribution in [3.63, 3.8) is 0 Å². The fourth-order valence-electron chi connectivity index (χ4n) is 0.963. The molecule has 2 aromatic rings. The number of imidazole rings is 1. The molecule has 0 spiro atoms. The third-order valence-electron chi connectivity index (χ3n) is 1.55. The Balaban J connectivity index is 2.67. The van der Waals surface area contributed by atoms with Crippen molar-refractivity contribution in [1.29, 1.82) is 0 Å². The summed E-state index contributed by atoms with van der Waals surface area (Å²) in [5, 5.41) is 0. The minimum absolute atomic E-state index is 0.817. The smallest absolute Gasteiger partial charge is 0.141 e. The molecule has 0 saturated heterocycles. The molecule has 0 saturated carbocycles. The van der Waals surface area contributed by atoms with Crippen LogP contribution < -0.4 is 4.74 Å². The zero-order valence-corrected chi connectivity index (χ0v) is 6.11. The van der Waals surface area contributed by atoms with Crippen LogP contribution in [-0.4, -0.2) is 16.5 Å². The maximum atomic E-state index is 5.02. The third-order valence-corrected chi connectivity index (χ3v) is 1.55. The molecule has 2 heterocycles. The van der Waals surface area contributed by atoms with E-state index in [-0.39, 0.29) is 0 Å². The summed E-state index contributed by atoms with van der Waals surface area (Å²) in [6, 6.07) is 3.74. The summed E-state index contributed by atoms with van der Waals surface area (Å²) in [4.78, 5) is 3.99. The first-order valence-electron chi connectivity index (χ1n) is 3.29. The van der Waals surface area contributed by atoms with Gasteiger partial charge in [-0.15, -0.1) is 0 Å². The summed E-state index contributed by atoms with van der Waals surface area (Å²) >= 11 is 0. The Morgan fingerprint density at radius 3 is 3.36 bits per heavy atom. The average Bonchev–Trinajstić information content (AvgIpc) is 2.50. The van der Waals surface area contributed by atoms with Gasteiger partial charge in [0.05, 0.1) is 7.11 Å². The molecule has 0 bridgehead atoms. The number of ether oxygens (including phenoxy) is 1. The van der Waals surface area contributed by atoms with E-state index >= 15 is 0 Å². The van der Waals surface area contributed by atoms with E-state index in [1.807, 2.05) is 22.7 Å². The van der Waals surface area contributed by atoms with Crippen molar-refractivity contribution in [1.82, 2.24) is 9.38 Å². The molecule has 11 heavy (non-hydrogen) atoms. The first-order chi connectivity index (χ1) is 5.40. The van der Waals surface area contributed by atoms with Gasteiger partial charge in [0.25, 0.3) is 0 Å². The van der Waals surface area contributed by atoms with Crippen molar-refractivity contribution >= 4 is 5.65 Å². The first kappa shape index (κ1) is 6.22. The quantitative estimate of drug-likeness (QED) is 0.604. The Labute approximate surface area is 64.2 Å². The van der Waals surface area contributed by atoms with Crippen LogP contribution in [0.3, 0.4) is 0 Å². The number of aromatic nitrogens is 2. The minimum Gasteiger partial charge on any atom is -0.497 e. The van der Waals surface area contributed by atoms with E-state index in [1.165, 1.54) is 0 Å². The number of hydrogen-bond acceptors (Lipinski definition) is 2. The molecule has 55 valence electrons. The van der Waals surface area contributed by atoms with Crippen LogP contribution in [0.15, 0.2) is 24.5 Å². The van der Waals surface area contributed by atoms with Crippen LogP contribution in [0, 0.1) is 6.20 Å². The molecule has 0 aliphatic carbocycles. The molecule has 2 aromatic heterocycles. The topological polar surface area (TPSA) is 26.5 Å². The maximum absolute atomic E-state index is 5.02. The molecule has 0 amide bonds. The predicted octanol–water partition coefficient (Wildman–Crippen LogP) is 1.14. The molecule has 0 N–H and O–H groups in total. The summed E-state index contributed by atoms with van der Waals surface area (Å²) in [5.41, 5.74) is 0.851. The molecule has 3 nitrogen and oxygen atoms in total. The molecular formula is C8H7N2O. The van der Waals surface area contributed by atoms with Gasteiger partial charge >= 0.3 is 0 Å². The molecule has 0 aliphatic rings. The van der Waals surface area contributed by atoms with E-state index in [9.17, 15) is 0 Å². The highest BCUT2D eigenvalue weighted by Crippen LogP contribution is 2.11. The number of methoxy groups -OCH3 is 1. The van der Waals surface area contributed by atoms with Gasteiger partial charge in [-0.25, -0.2) is 4.98 Å². The van der Waals surface area contributed by atoms with Gasteiger partial charge in [-0.1, -0.05) is 0 Å². The molecule has 3 heteroatoms. The van der Waals surface area contributed by atoms with Gasteiger partial charge in [0.2, 0.25) is 0 Å². The summed E-state index contributed by atoms with van der Waals surface area (Å²) in [6.45, 7) is 0. The summed E-state index contributed by atoms with van der Waals surface area (Å²) in [7, 11) is 1.64. The van der Waals surface area contributed by atoms with E-state index in [2.05, 4.69) is 11.2 Å². The van der Waals surface area contributed by atoms with Gasteiger partial charge in [0, 0.05) is 18.5 Å². The van der Waals surface area contributed by atoms with Crippen LogP contribution in [-0.2, 0) is 0 Å². The Kier molecular flexibility index (Phi) is 1.28. The van der Waals surface area contributed by atoms with E-state index in [0.717, 1.165) is 11.4 Å². The third kappa shape index (κ3) is 0.941. The minimum atomic E-state index is 0.817. The second-order valence-corrected chi connectivity index (χ2v) is 2.20. The zero-order chi connectivity index (χ0) is 7.68. The largest absolute Gasteiger partial charge is 0.497 e. The maximum Gasteiger partial charge on any atom is 0.141 e. The lowest BCUT2D eigenvalue weighted by atomic mass is 10.4. The van der Waals surface area contributed by atoms with Gasteiger partial charge in [-0.2, -0.15) is 0 Å². The van der Waals surface area contributed by atoms with Gasteiger partial charge < -0.3 is 9.14 Å². The lowest BCUT2D eigenvalue weighted by molar-refractivity contribution is 0.414. The Bertz CT molecular complexity index is 367. The van der Waals surface area contributed by atoms with Crippen molar-refractivity contribution < 1.29 is 4.74 Å². The normalized spacial score (nSPS) is 10.3. The SMILES string of the molecule is COc1ccn2c[c]nc2c1. The van der Waals surface area contributed by atoms with Gasteiger partial charge in [0.15, 0.2) is 0 Å². The summed E-state index contributed by atoms with van der Waals surface area (Å²) in [6.07, 6.45) is 6.41. The van der Waals surface area contributed by atoms with Crippen LogP contribution in [0.5, 0.6) is 5.75 Å². The van der Waals surface area contributed by atoms with Crippen LogP contribution >= 0.6 is 0 Å². The monoisotopic (exact) mass is 147 g/mol. The van der Waals surface area contributed by atoms with Crippen molar-refractivity contribution in [3.05, 3.63) is 30.7 Å². The van der Waals surface area contributed by atoms with Crippen molar-refractivity contribution in [3.8, 4) is 5.75 Å². The fourth-order valence-corrected chi connectivity index (χ4v) is 0.963. The molecule has 2 rings (SSSR count). The van der Waals surface area contributed by atoms with Crippen LogP contribution in [0.1, 0.15) is 0 Å². The van der Waals surface area contributed by atoms with Crippen molar-refractivity contribution in [2.24, 2.45) is 0 Å². The van der Waals surface area contributed by atoms with Crippen LogP contribution in [0.4, 0.5) is 0 Å². The number of pyridine rings is 1. The summed E-state index contributed by atoms with van der Waals surface area (Å²) < 4.78 is 6.90. The highest BCUT2D eigenvalue weighted by molar-refractivity contribution is 5.43. The van der Waals surface area contributed by atoms with Crippen molar-refractivity contribution in [2.45, 2.75) is 0 Å². The lowest BCUT2D eigenvalue weighted by Crippen LogP contribution is -1.85. The van der Waals surface area contributed by atoms with Gasteiger partial charge in [0.1, 0.15) is 17.6 Å². The Hall–Kier alpha value is -1.51. The van der Waals surface area contributed by atoms with Gasteiger partial charge in [-0.3, -0.25) is 0 Å². The van der Waals surface area contributed by atoms with Crippen LogP contribution in [0.25, 0.3) is 5.65 Å². The highest BCUT2D eigenvalue weighted by Gasteiger charge is 1.94. The standard InChI is InChI=1S/C8H7N2O/c1-11-7-2-4-10-5-3-9-8(10)6-7/h2,4-6H,1H3. The van der Waals surface area contributed by atoms with E-state index in [0.29, 0.717) is 0 Å². The fraction of sp³-hybridized carbons (Fsp3) is 0.125. The van der Waals surface area contributed by atoms with E-state index in [1.54, 1.807) is 13.3 Å². The molecule has 0 unspecified atom stereocenters. The van der Waals surface area contributed by atoms with Crippen LogP contribution in [0.2, 0.25) is 0 Å². The number of nitrogens with zero attached hydrogens (tertiary/aromatic N) is 2. The number of rotatable bonds is 1. The van der Waals surface area contributed by atoms with Crippen molar-refractivity contribution in [2.75, 3.05) is 7.11 Å².